The van der Waals surface area contributed by atoms with E-state index in [9.17, 15) is 4.79 Å². The quantitative estimate of drug-likeness (QED) is 0.869. The van der Waals surface area contributed by atoms with Gasteiger partial charge in [-0.05, 0) is 36.9 Å². The lowest BCUT2D eigenvalue weighted by molar-refractivity contribution is -0.124. The number of amides is 1. The van der Waals surface area contributed by atoms with E-state index in [0.29, 0.717) is 6.54 Å². The van der Waals surface area contributed by atoms with Crippen LogP contribution in [0.3, 0.4) is 0 Å². The average molecular weight is 261 g/mol. The van der Waals surface area contributed by atoms with E-state index in [2.05, 4.69) is 29.0 Å². The van der Waals surface area contributed by atoms with Crippen molar-refractivity contribution in [1.29, 1.82) is 0 Å². The Morgan fingerprint density at radius 2 is 2.50 bits per heavy atom. The Balaban J connectivity index is 0.00000128. The number of rotatable bonds is 3. The molecule has 16 heavy (non-hydrogen) atoms. The number of hydrogen-bond acceptors (Lipinski definition) is 3. The van der Waals surface area contributed by atoms with Crippen LogP contribution in [0.25, 0.3) is 0 Å². The van der Waals surface area contributed by atoms with Gasteiger partial charge in [-0.3, -0.25) is 4.79 Å². The van der Waals surface area contributed by atoms with E-state index in [1.165, 1.54) is 10.4 Å². The maximum Gasteiger partial charge on any atom is 0.224 e. The van der Waals surface area contributed by atoms with Crippen molar-refractivity contribution in [2.45, 2.75) is 19.9 Å². The van der Waals surface area contributed by atoms with Crippen LogP contribution < -0.4 is 10.6 Å². The van der Waals surface area contributed by atoms with Gasteiger partial charge in [-0.25, -0.2) is 0 Å². The molecule has 2 N–H and O–H groups in total. The summed E-state index contributed by atoms with van der Waals surface area (Å²) in [4.78, 5) is 13.0. The van der Waals surface area contributed by atoms with Crippen LogP contribution in [0.2, 0.25) is 0 Å². The highest BCUT2D eigenvalue weighted by molar-refractivity contribution is 7.10. The Bertz CT molecular complexity index is 348. The number of hydrogen-bond donors (Lipinski definition) is 2. The first-order valence-electron chi connectivity index (χ1n) is 5.29. The number of aryl methyl sites for hydroxylation is 1. The Hall–Kier alpha value is -0.580. The Morgan fingerprint density at radius 3 is 3.06 bits per heavy atom. The molecular weight excluding hydrogens is 244 g/mol. The number of carbonyl (C=O) groups is 1. The number of thiophene rings is 1. The highest BCUT2D eigenvalue weighted by Gasteiger charge is 2.21. The van der Waals surface area contributed by atoms with Gasteiger partial charge in [-0.15, -0.1) is 23.7 Å². The molecule has 1 aliphatic rings. The fourth-order valence-corrected chi connectivity index (χ4v) is 2.62. The Labute approximate surface area is 106 Å². The summed E-state index contributed by atoms with van der Waals surface area (Å²) < 4.78 is 0. The molecule has 1 aromatic rings. The monoisotopic (exact) mass is 260 g/mol. The van der Waals surface area contributed by atoms with Crippen LogP contribution >= 0.6 is 23.7 Å². The van der Waals surface area contributed by atoms with Crippen LogP contribution in [-0.2, 0) is 11.3 Å². The second kappa shape index (κ2) is 6.23. The molecule has 1 aromatic heterocycles. The highest BCUT2D eigenvalue weighted by Crippen LogP contribution is 2.15. The molecule has 0 saturated carbocycles. The lowest BCUT2D eigenvalue weighted by Gasteiger charge is -2.09. The van der Waals surface area contributed by atoms with Gasteiger partial charge >= 0.3 is 0 Å². The van der Waals surface area contributed by atoms with Gasteiger partial charge in [-0.2, -0.15) is 0 Å². The van der Waals surface area contributed by atoms with E-state index < -0.39 is 0 Å². The third-order valence-electron chi connectivity index (χ3n) is 2.82. The van der Waals surface area contributed by atoms with Gasteiger partial charge in [-0.1, -0.05) is 0 Å². The molecule has 0 spiro atoms. The molecular formula is C11H17ClN2OS. The van der Waals surface area contributed by atoms with Crippen LogP contribution in [0.4, 0.5) is 0 Å². The van der Waals surface area contributed by atoms with E-state index >= 15 is 0 Å². The summed E-state index contributed by atoms with van der Waals surface area (Å²) >= 11 is 1.70. The summed E-state index contributed by atoms with van der Waals surface area (Å²) in [6.07, 6.45) is 0.968. The molecule has 3 nitrogen and oxygen atoms in total. The molecule has 0 unspecified atom stereocenters. The van der Waals surface area contributed by atoms with E-state index in [-0.39, 0.29) is 24.2 Å². The third kappa shape index (κ3) is 3.20. The summed E-state index contributed by atoms with van der Waals surface area (Å²) in [7, 11) is 0. The first kappa shape index (κ1) is 13.5. The molecule has 1 amide bonds. The van der Waals surface area contributed by atoms with Crippen molar-refractivity contribution in [2.75, 3.05) is 13.1 Å². The van der Waals surface area contributed by atoms with Crippen LogP contribution in [-0.4, -0.2) is 19.0 Å². The molecule has 5 heteroatoms. The number of halogens is 1. The van der Waals surface area contributed by atoms with Crippen LogP contribution in [0.5, 0.6) is 0 Å². The summed E-state index contributed by atoms with van der Waals surface area (Å²) in [5.74, 6) is 0.359. The Kier molecular flexibility index (Phi) is 5.25. The fraction of sp³-hybridized carbons (Fsp3) is 0.545. The van der Waals surface area contributed by atoms with Crippen molar-refractivity contribution < 1.29 is 4.79 Å². The van der Waals surface area contributed by atoms with Crippen molar-refractivity contribution >= 4 is 29.7 Å². The normalized spacial score (nSPS) is 19.2. The second-order valence-electron chi connectivity index (χ2n) is 3.93. The van der Waals surface area contributed by atoms with Gasteiger partial charge in [0.05, 0.1) is 12.5 Å². The minimum Gasteiger partial charge on any atom is -0.351 e. The summed E-state index contributed by atoms with van der Waals surface area (Å²) in [6.45, 7) is 4.55. The van der Waals surface area contributed by atoms with Gasteiger partial charge in [0.15, 0.2) is 0 Å². The van der Waals surface area contributed by atoms with Crippen LogP contribution in [0, 0.1) is 12.8 Å². The topological polar surface area (TPSA) is 41.1 Å². The van der Waals surface area contributed by atoms with Gasteiger partial charge < -0.3 is 10.6 Å². The van der Waals surface area contributed by atoms with E-state index in [1.54, 1.807) is 11.3 Å². The molecule has 2 rings (SSSR count). The molecule has 0 aromatic carbocycles. The minimum absolute atomic E-state index is 0. The zero-order valence-corrected chi connectivity index (χ0v) is 10.9. The predicted octanol–water partition coefficient (Wildman–Crippen LogP) is 1.70. The lowest BCUT2D eigenvalue weighted by atomic mass is 10.1. The first-order valence-corrected chi connectivity index (χ1v) is 6.16. The molecule has 0 bridgehead atoms. The van der Waals surface area contributed by atoms with Crippen molar-refractivity contribution in [3.8, 4) is 0 Å². The molecule has 0 radical (unpaired) electrons. The molecule has 1 aliphatic heterocycles. The summed E-state index contributed by atoms with van der Waals surface area (Å²) in [6, 6.07) is 2.09. The maximum absolute atomic E-state index is 11.7. The largest absolute Gasteiger partial charge is 0.351 e. The molecule has 1 atom stereocenters. The predicted molar refractivity (Wildman–Crippen MR) is 69.1 cm³/mol. The second-order valence-corrected chi connectivity index (χ2v) is 4.93. The molecule has 1 saturated heterocycles. The average Bonchev–Trinajstić information content (AvgIpc) is 2.85. The molecule has 1 fully saturated rings. The highest BCUT2D eigenvalue weighted by atomic mass is 35.5. The lowest BCUT2D eigenvalue weighted by Crippen LogP contribution is -2.31. The maximum atomic E-state index is 11.7. The zero-order chi connectivity index (χ0) is 10.7. The molecule has 0 aliphatic carbocycles. The van der Waals surface area contributed by atoms with E-state index in [0.717, 1.165) is 19.5 Å². The van der Waals surface area contributed by atoms with Crippen molar-refractivity contribution in [3.05, 3.63) is 21.9 Å². The SMILES string of the molecule is Cc1ccsc1CNC(=O)[C@@H]1CCNC1.Cl. The van der Waals surface area contributed by atoms with Gasteiger partial charge in [0, 0.05) is 11.4 Å². The zero-order valence-electron chi connectivity index (χ0n) is 9.29. The van der Waals surface area contributed by atoms with Crippen molar-refractivity contribution in [3.63, 3.8) is 0 Å². The van der Waals surface area contributed by atoms with E-state index in [1.807, 2.05) is 0 Å². The molecule has 90 valence electrons. The standard InChI is InChI=1S/C11H16N2OS.ClH/c1-8-3-5-15-10(8)7-13-11(14)9-2-4-12-6-9;/h3,5,9,12H,2,4,6-7H2,1H3,(H,13,14);1H/t9-;/m1./s1. The van der Waals surface area contributed by atoms with Gasteiger partial charge in [0.25, 0.3) is 0 Å². The van der Waals surface area contributed by atoms with Crippen molar-refractivity contribution in [2.24, 2.45) is 5.92 Å². The Morgan fingerprint density at radius 1 is 1.69 bits per heavy atom. The third-order valence-corrected chi connectivity index (χ3v) is 3.85. The molecule has 2 heterocycles. The van der Waals surface area contributed by atoms with Crippen LogP contribution in [0.1, 0.15) is 16.9 Å². The smallest absolute Gasteiger partial charge is 0.224 e. The van der Waals surface area contributed by atoms with Gasteiger partial charge in [0.1, 0.15) is 0 Å². The van der Waals surface area contributed by atoms with Crippen molar-refractivity contribution in [1.82, 2.24) is 10.6 Å². The number of nitrogens with one attached hydrogen (secondary N) is 2. The summed E-state index contributed by atoms with van der Waals surface area (Å²) in [5, 5.41) is 8.26. The fourth-order valence-electron chi connectivity index (χ4n) is 1.78. The summed E-state index contributed by atoms with van der Waals surface area (Å²) in [5.41, 5.74) is 1.27. The number of carbonyl (C=O) groups excluding carboxylic acids is 1. The van der Waals surface area contributed by atoms with Crippen LogP contribution in [0.15, 0.2) is 11.4 Å². The van der Waals surface area contributed by atoms with E-state index in [4.69, 9.17) is 0 Å². The minimum atomic E-state index is 0. The van der Waals surface area contributed by atoms with Gasteiger partial charge in [0.2, 0.25) is 5.91 Å². The first-order chi connectivity index (χ1) is 7.27.